The molecule has 7 nitrogen and oxygen atoms in total. The average Bonchev–Trinajstić information content (AvgIpc) is 2.75. The summed E-state index contributed by atoms with van der Waals surface area (Å²) in [6.45, 7) is 2.19. The van der Waals surface area contributed by atoms with Crippen molar-refractivity contribution in [1.82, 2.24) is 15.3 Å². The van der Waals surface area contributed by atoms with Gasteiger partial charge < -0.3 is 9.64 Å². The Morgan fingerprint density at radius 1 is 1.04 bits per heavy atom. The summed E-state index contributed by atoms with van der Waals surface area (Å²) >= 11 is 0. The van der Waals surface area contributed by atoms with E-state index in [4.69, 9.17) is 9.94 Å². The predicted octanol–water partition coefficient (Wildman–Crippen LogP) is 1.63. The number of carbonyl (C=O) groups is 2. The van der Waals surface area contributed by atoms with Gasteiger partial charge in [0.05, 0.1) is 13.5 Å². The summed E-state index contributed by atoms with van der Waals surface area (Å²) in [6.07, 6.45) is 0.337. The Hall–Kier alpha value is -2.90. The molecular formula is C21H25N3O4. The van der Waals surface area contributed by atoms with Crippen molar-refractivity contribution in [3.05, 3.63) is 65.7 Å². The molecule has 1 atom stereocenters. The highest BCUT2D eigenvalue weighted by Crippen LogP contribution is 2.23. The van der Waals surface area contributed by atoms with Crippen LogP contribution in [-0.2, 0) is 16.0 Å². The number of ether oxygens (including phenoxy) is 1. The summed E-state index contributed by atoms with van der Waals surface area (Å²) in [7, 11) is 1.61. The fourth-order valence-electron chi connectivity index (χ4n) is 3.48. The number of carbonyl (C=O) groups excluding carboxylic acids is 2. The second-order valence-corrected chi connectivity index (χ2v) is 6.73. The van der Waals surface area contributed by atoms with Crippen LogP contribution in [0.1, 0.15) is 17.2 Å². The topological polar surface area (TPSA) is 82.1 Å². The molecule has 1 unspecified atom stereocenters. The maximum atomic E-state index is 12.6. The van der Waals surface area contributed by atoms with Crippen LogP contribution in [0, 0.1) is 0 Å². The minimum Gasteiger partial charge on any atom is -0.497 e. The van der Waals surface area contributed by atoms with Crippen molar-refractivity contribution in [3.8, 4) is 5.75 Å². The molecule has 0 radical (unpaired) electrons. The van der Waals surface area contributed by atoms with E-state index in [2.05, 4.69) is 0 Å². The van der Waals surface area contributed by atoms with Gasteiger partial charge >= 0.3 is 0 Å². The number of methoxy groups -OCH3 is 1. The molecule has 0 aromatic heterocycles. The lowest BCUT2D eigenvalue weighted by molar-refractivity contribution is -0.137. The Morgan fingerprint density at radius 3 is 2.25 bits per heavy atom. The van der Waals surface area contributed by atoms with Crippen LogP contribution in [0.2, 0.25) is 0 Å². The van der Waals surface area contributed by atoms with Crippen LogP contribution in [-0.4, -0.2) is 60.1 Å². The van der Waals surface area contributed by atoms with Gasteiger partial charge in [0.2, 0.25) is 5.91 Å². The van der Waals surface area contributed by atoms with E-state index >= 15 is 0 Å². The minimum absolute atomic E-state index is 0.0627. The van der Waals surface area contributed by atoms with E-state index in [9.17, 15) is 9.59 Å². The number of hydrogen-bond donors (Lipinski definition) is 2. The molecule has 2 N–H and O–H groups in total. The third-order valence-corrected chi connectivity index (χ3v) is 5.02. The van der Waals surface area contributed by atoms with Crippen LogP contribution in [0.25, 0.3) is 0 Å². The zero-order valence-electron chi connectivity index (χ0n) is 15.9. The minimum atomic E-state index is -0.579. The van der Waals surface area contributed by atoms with E-state index in [1.807, 2.05) is 64.4 Å². The lowest BCUT2D eigenvalue weighted by Crippen LogP contribution is -2.52. The summed E-state index contributed by atoms with van der Waals surface area (Å²) in [6, 6.07) is 16.2. The highest BCUT2D eigenvalue weighted by Gasteiger charge is 2.31. The van der Waals surface area contributed by atoms with Gasteiger partial charge in [-0.25, -0.2) is 5.48 Å². The van der Waals surface area contributed by atoms with Crippen molar-refractivity contribution in [2.45, 2.75) is 12.5 Å². The third kappa shape index (κ3) is 4.68. The number of benzene rings is 2. The van der Waals surface area contributed by atoms with Crippen LogP contribution >= 0.6 is 0 Å². The fourth-order valence-corrected chi connectivity index (χ4v) is 3.48. The van der Waals surface area contributed by atoms with Crippen molar-refractivity contribution in [2.24, 2.45) is 0 Å². The van der Waals surface area contributed by atoms with Crippen molar-refractivity contribution >= 4 is 11.8 Å². The molecule has 148 valence electrons. The summed E-state index contributed by atoms with van der Waals surface area (Å²) in [5, 5.41) is 9.14. The largest absolute Gasteiger partial charge is 0.497 e. The lowest BCUT2D eigenvalue weighted by atomic mass is 10.0. The Morgan fingerprint density at radius 2 is 1.68 bits per heavy atom. The molecule has 0 spiro atoms. The number of hydrogen-bond acceptors (Lipinski definition) is 5. The lowest BCUT2D eigenvalue weighted by Gasteiger charge is -2.38. The zero-order valence-corrected chi connectivity index (χ0v) is 15.9. The number of amides is 2. The molecule has 2 amide bonds. The van der Waals surface area contributed by atoms with E-state index in [-0.39, 0.29) is 5.91 Å². The van der Waals surface area contributed by atoms with E-state index in [0.717, 1.165) is 16.9 Å². The van der Waals surface area contributed by atoms with E-state index < -0.39 is 11.9 Å². The summed E-state index contributed by atoms with van der Waals surface area (Å²) in [5.74, 6) is 0.357. The quantitative estimate of drug-likeness (QED) is 0.585. The molecule has 1 heterocycles. The van der Waals surface area contributed by atoms with Gasteiger partial charge in [-0.3, -0.25) is 19.7 Å². The van der Waals surface area contributed by atoms with Gasteiger partial charge in [-0.2, -0.15) is 0 Å². The van der Waals surface area contributed by atoms with Gasteiger partial charge in [-0.15, -0.1) is 0 Å². The molecular weight excluding hydrogens is 358 g/mol. The molecule has 0 aliphatic carbocycles. The second kappa shape index (κ2) is 9.34. The number of piperazine rings is 1. The van der Waals surface area contributed by atoms with Crippen molar-refractivity contribution in [1.29, 1.82) is 0 Å². The first-order valence-electron chi connectivity index (χ1n) is 9.26. The van der Waals surface area contributed by atoms with E-state index in [0.29, 0.717) is 32.6 Å². The molecule has 1 saturated heterocycles. The Labute approximate surface area is 164 Å². The highest BCUT2D eigenvalue weighted by atomic mass is 16.5. The molecule has 0 saturated carbocycles. The fraction of sp³-hybridized carbons (Fsp3) is 0.333. The first kappa shape index (κ1) is 19.9. The van der Waals surface area contributed by atoms with E-state index in [1.165, 1.54) is 0 Å². The first-order valence-corrected chi connectivity index (χ1v) is 9.26. The van der Waals surface area contributed by atoms with Gasteiger partial charge in [0.1, 0.15) is 11.8 Å². The highest BCUT2D eigenvalue weighted by molar-refractivity contribution is 5.82. The molecule has 7 heteroatoms. The van der Waals surface area contributed by atoms with Gasteiger partial charge in [-0.1, -0.05) is 42.5 Å². The second-order valence-electron chi connectivity index (χ2n) is 6.73. The van der Waals surface area contributed by atoms with Gasteiger partial charge in [0.15, 0.2) is 0 Å². The van der Waals surface area contributed by atoms with Gasteiger partial charge in [0, 0.05) is 26.2 Å². The van der Waals surface area contributed by atoms with Crippen LogP contribution in [0.5, 0.6) is 5.75 Å². The number of rotatable bonds is 6. The first-order chi connectivity index (χ1) is 13.6. The number of nitrogens with one attached hydrogen (secondary N) is 1. The number of nitrogens with zero attached hydrogens (tertiary/aromatic N) is 2. The molecule has 1 fully saturated rings. The molecule has 28 heavy (non-hydrogen) atoms. The molecule has 1 aliphatic heterocycles. The van der Waals surface area contributed by atoms with Crippen LogP contribution < -0.4 is 10.2 Å². The van der Waals surface area contributed by atoms with Crippen LogP contribution in [0.15, 0.2) is 54.6 Å². The normalized spacial score (nSPS) is 15.7. The maximum Gasteiger partial charge on any atom is 0.265 e. The van der Waals surface area contributed by atoms with Crippen molar-refractivity contribution in [3.63, 3.8) is 0 Å². The summed E-state index contributed by atoms with van der Waals surface area (Å²) < 4.78 is 5.14. The predicted molar refractivity (Wildman–Crippen MR) is 104 cm³/mol. The molecule has 0 bridgehead atoms. The zero-order chi connectivity index (χ0) is 19.9. The van der Waals surface area contributed by atoms with E-state index in [1.54, 1.807) is 12.6 Å². The summed E-state index contributed by atoms with van der Waals surface area (Å²) in [5.41, 5.74) is 3.52. The maximum absolute atomic E-state index is 12.6. The van der Waals surface area contributed by atoms with Crippen LogP contribution in [0.3, 0.4) is 0 Å². The molecule has 2 aromatic rings. The SMILES string of the molecule is COc1ccc(CC(=O)N2CCN(C(C(=O)NO)c3ccccc3)CC2)cc1. The summed E-state index contributed by atoms with van der Waals surface area (Å²) in [4.78, 5) is 28.6. The van der Waals surface area contributed by atoms with Crippen molar-refractivity contribution < 1.29 is 19.5 Å². The average molecular weight is 383 g/mol. The molecule has 3 rings (SSSR count). The number of hydroxylamine groups is 1. The van der Waals surface area contributed by atoms with Crippen molar-refractivity contribution in [2.75, 3.05) is 33.3 Å². The Balaban J connectivity index is 1.60. The monoisotopic (exact) mass is 383 g/mol. The van der Waals surface area contributed by atoms with Crippen LogP contribution in [0.4, 0.5) is 0 Å². The smallest absolute Gasteiger partial charge is 0.265 e. The standard InChI is InChI=1S/C21H25N3O4/c1-28-18-9-7-16(8-10-18)15-19(25)23-11-13-24(14-12-23)20(21(26)22-27)17-5-3-2-4-6-17/h2-10,20,27H,11-15H2,1H3,(H,22,26). The van der Waals surface area contributed by atoms with Gasteiger partial charge in [-0.05, 0) is 23.3 Å². The van der Waals surface area contributed by atoms with Gasteiger partial charge in [0.25, 0.3) is 5.91 Å². The Bertz CT molecular complexity index is 787. The molecule has 1 aliphatic rings. The molecule has 2 aromatic carbocycles. The Kier molecular flexibility index (Phi) is 6.62. The third-order valence-electron chi connectivity index (χ3n) is 5.02.